The van der Waals surface area contributed by atoms with Crippen LogP contribution in [0.1, 0.15) is 25.0 Å². The van der Waals surface area contributed by atoms with E-state index in [1.54, 1.807) is 62.4 Å². The van der Waals surface area contributed by atoms with Crippen LogP contribution in [0.5, 0.6) is 23.0 Å². The number of rotatable bonds is 5. The van der Waals surface area contributed by atoms with Crippen molar-refractivity contribution in [1.29, 1.82) is 0 Å². The molecule has 1 heterocycles. The lowest BCUT2D eigenvalue weighted by Crippen LogP contribution is -2.29. The Labute approximate surface area is 156 Å². The Bertz CT molecular complexity index is 911. The van der Waals surface area contributed by atoms with E-state index in [4.69, 9.17) is 19.3 Å². The van der Waals surface area contributed by atoms with Gasteiger partial charge in [0.25, 0.3) is 0 Å². The molecule has 0 spiro atoms. The molecule has 3 rings (SSSR count). The summed E-state index contributed by atoms with van der Waals surface area (Å²) in [5.74, 6) is 0.274. The van der Waals surface area contributed by atoms with E-state index < -0.39 is 11.8 Å². The summed E-state index contributed by atoms with van der Waals surface area (Å²) in [6.07, 6.45) is 6.24. The van der Waals surface area contributed by atoms with Crippen molar-refractivity contribution in [3.05, 3.63) is 65.8 Å². The minimum atomic E-state index is -0.736. The van der Waals surface area contributed by atoms with Crippen LogP contribution >= 0.6 is 0 Å². The van der Waals surface area contributed by atoms with Gasteiger partial charge in [0.15, 0.2) is 11.5 Å². The van der Waals surface area contributed by atoms with Crippen molar-refractivity contribution in [2.75, 3.05) is 0 Å². The molecule has 1 aliphatic rings. The third-order valence-electron chi connectivity index (χ3n) is 3.75. The van der Waals surface area contributed by atoms with Crippen LogP contribution in [0.2, 0.25) is 0 Å². The summed E-state index contributed by atoms with van der Waals surface area (Å²) in [7, 11) is 0. The summed E-state index contributed by atoms with van der Waals surface area (Å²) in [5, 5.41) is 18.7. The monoisotopic (exact) mass is 368 g/mol. The molecule has 0 atom stereocenters. The number of aromatic hydroxyl groups is 1. The highest BCUT2D eigenvalue weighted by Crippen LogP contribution is 2.41. The second-order valence-corrected chi connectivity index (χ2v) is 6.40. The first-order chi connectivity index (χ1) is 12.9. The number of fused-ring (bicyclic) bond motifs is 1. The molecule has 1 aliphatic heterocycles. The second kappa shape index (κ2) is 7.55. The standard InChI is InChI=1S/C21H20O6/c1-21(2)26-18-10-8-16(12-19(18)27-21)25-20(24)6-4-3-5-14-7-9-17(23)15(11-14)13-22/h3-12,22-23H,13H2,1-2H3/b5-3+,6-4+. The maximum Gasteiger partial charge on any atom is 0.336 e. The maximum absolute atomic E-state index is 11.9. The van der Waals surface area contributed by atoms with Crippen LogP contribution in [0.15, 0.2) is 54.6 Å². The zero-order chi connectivity index (χ0) is 19.4. The third-order valence-corrected chi connectivity index (χ3v) is 3.75. The number of benzene rings is 2. The van der Waals surface area contributed by atoms with E-state index in [9.17, 15) is 9.90 Å². The van der Waals surface area contributed by atoms with Crippen molar-refractivity contribution in [2.45, 2.75) is 26.2 Å². The molecule has 2 N–H and O–H groups in total. The Kier molecular flexibility index (Phi) is 5.19. The molecular weight excluding hydrogens is 348 g/mol. The van der Waals surface area contributed by atoms with Gasteiger partial charge < -0.3 is 24.4 Å². The van der Waals surface area contributed by atoms with Gasteiger partial charge in [0.05, 0.1) is 6.61 Å². The number of aliphatic hydroxyl groups is 1. The molecule has 140 valence electrons. The first-order valence-electron chi connectivity index (χ1n) is 8.38. The van der Waals surface area contributed by atoms with Gasteiger partial charge in [0, 0.05) is 31.6 Å². The molecule has 6 nitrogen and oxygen atoms in total. The molecule has 6 heteroatoms. The van der Waals surface area contributed by atoms with Crippen molar-refractivity contribution in [3.63, 3.8) is 0 Å². The smallest absolute Gasteiger partial charge is 0.336 e. The van der Waals surface area contributed by atoms with Gasteiger partial charge >= 0.3 is 5.97 Å². The fraction of sp³-hybridized carbons (Fsp3) is 0.190. The highest BCUT2D eigenvalue weighted by molar-refractivity contribution is 5.84. The van der Waals surface area contributed by atoms with Gasteiger partial charge in [0.2, 0.25) is 5.79 Å². The van der Waals surface area contributed by atoms with Crippen LogP contribution in [0.3, 0.4) is 0 Å². The van der Waals surface area contributed by atoms with Crippen molar-refractivity contribution in [1.82, 2.24) is 0 Å². The Hall–Kier alpha value is -3.25. The number of allylic oxidation sites excluding steroid dienone is 2. The number of carbonyl (C=O) groups is 1. The Morgan fingerprint density at radius 3 is 2.67 bits per heavy atom. The Balaban J connectivity index is 1.58. The number of phenols is 1. The normalized spacial score (nSPS) is 14.8. The summed E-state index contributed by atoms with van der Waals surface area (Å²) in [4.78, 5) is 11.9. The van der Waals surface area contributed by atoms with Gasteiger partial charge in [0.1, 0.15) is 11.5 Å². The lowest BCUT2D eigenvalue weighted by atomic mass is 10.1. The van der Waals surface area contributed by atoms with E-state index in [1.165, 1.54) is 12.1 Å². The van der Waals surface area contributed by atoms with E-state index in [-0.39, 0.29) is 12.4 Å². The van der Waals surface area contributed by atoms with Crippen molar-refractivity contribution in [3.8, 4) is 23.0 Å². The van der Waals surface area contributed by atoms with Gasteiger partial charge in [-0.3, -0.25) is 0 Å². The van der Waals surface area contributed by atoms with E-state index in [1.807, 2.05) is 0 Å². The lowest BCUT2D eigenvalue weighted by molar-refractivity contribution is -0.128. The van der Waals surface area contributed by atoms with Gasteiger partial charge in [-0.1, -0.05) is 24.3 Å². The SMILES string of the molecule is CC1(C)Oc2ccc(OC(=O)/C=C/C=C/c3ccc(O)c(CO)c3)cc2O1. The summed E-state index contributed by atoms with van der Waals surface area (Å²) in [5.41, 5.74) is 1.22. The second-order valence-electron chi connectivity index (χ2n) is 6.40. The predicted molar refractivity (Wildman–Crippen MR) is 99.6 cm³/mol. The van der Waals surface area contributed by atoms with Crippen molar-refractivity contribution in [2.24, 2.45) is 0 Å². The minimum Gasteiger partial charge on any atom is -0.508 e. The van der Waals surface area contributed by atoms with E-state index in [0.29, 0.717) is 22.8 Å². The molecule has 0 unspecified atom stereocenters. The van der Waals surface area contributed by atoms with Crippen LogP contribution in [0, 0.1) is 0 Å². The molecule has 0 radical (unpaired) electrons. The van der Waals surface area contributed by atoms with Gasteiger partial charge in [-0.2, -0.15) is 0 Å². The molecule has 0 saturated carbocycles. The van der Waals surface area contributed by atoms with Crippen LogP contribution in [0.4, 0.5) is 0 Å². The fourth-order valence-electron chi connectivity index (χ4n) is 2.55. The zero-order valence-corrected chi connectivity index (χ0v) is 15.0. The topological polar surface area (TPSA) is 85.2 Å². The highest BCUT2D eigenvalue weighted by Gasteiger charge is 2.31. The van der Waals surface area contributed by atoms with Gasteiger partial charge in [-0.05, 0) is 29.8 Å². The first-order valence-corrected chi connectivity index (χ1v) is 8.38. The number of aliphatic hydroxyl groups excluding tert-OH is 1. The molecule has 0 amide bonds. The lowest BCUT2D eigenvalue weighted by Gasteiger charge is -2.16. The Morgan fingerprint density at radius 2 is 1.89 bits per heavy atom. The molecule has 0 aromatic heterocycles. The summed E-state index contributed by atoms with van der Waals surface area (Å²) in [6, 6.07) is 9.80. The fourth-order valence-corrected chi connectivity index (χ4v) is 2.55. The van der Waals surface area contributed by atoms with Crippen molar-refractivity contribution >= 4 is 12.0 Å². The number of carbonyl (C=O) groups excluding carboxylic acids is 1. The quantitative estimate of drug-likeness (QED) is 0.363. The molecule has 0 aliphatic carbocycles. The van der Waals surface area contributed by atoms with Crippen LogP contribution in [0.25, 0.3) is 6.08 Å². The molecule has 0 bridgehead atoms. The number of hydrogen-bond acceptors (Lipinski definition) is 6. The summed E-state index contributed by atoms with van der Waals surface area (Å²) < 4.78 is 16.4. The summed E-state index contributed by atoms with van der Waals surface area (Å²) in [6.45, 7) is 3.35. The minimum absolute atomic E-state index is 0.0425. The van der Waals surface area contributed by atoms with Gasteiger partial charge in [-0.15, -0.1) is 0 Å². The molecule has 0 saturated heterocycles. The van der Waals surface area contributed by atoms with Crippen molar-refractivity contribution < 1.29 is 29.2 Å². The average molecular weight is 368 g/mol. The van der Waals surface area contributed by atoms with Gasteiger partial charge in [-0.25, -0.2) is 4.79 Å². The average Bonchev–Trinajstić information content (AvgIpc) is 2.93. The maximum atomic E-state index is 11.9. The number of ether oxygens (including phenoxy) is 3. The van der Waals surface area contributed by atoms with Crippen LogP contribution in [-0.4, -0.2) is 22.0 Å². The zero-order valence-electron chi connectivity index (χ0n) is 15.0. The van der Waals surface area contributed by atoms with E-state index in [0.717, 1.165) is 5.56 Å². The largest absolute Gasteiger partial charge is 0.508 e. The molecule has 2 aromatic rings. The van der Waals surface area contributed by atoms with E-state index >= 15 is 0 Å². The molecule has 27 heavy (non-hydrogen) atoms. The third kappa shape index (κ3) is 4.68. The number of esters is 1. The van der Waals surface area contributed by atoms with Crippen LogP contribution in [-0.2, 0) is 11.4 Å². The molecule has 0 fully saturated rings. The van der Waals surface area contributed by atoms with Crippen LogP contribution < -0.4 is 14.2 Å². The Morgan fingerprint density at radius 1 is 1.11 bits per heavy atom. The molecular formula is C21H20O6. The van der Waals surface area contributed by atoms with E-state index in [2.05, 4.69) is 0 Å². The first kappa shape index (κ1) is 18.5. The molecule has 2 aromatic carbocycles. The highest BCUT2D eigenvalue weighted by atomic mass is 16.7. The predicted octanol–water partition coefficient (Wildman–Crippen LogP) is 3.57. The summed E-state index contributed by atoms with van der Waals surface area (Å²) >= 11 is 0. The number of hydrogen-bond donors (Lipinski definition) is 2.